The van der Waals surface area contributed by atoms with Gasteiger partial charge in [0.05, 0.1) is 27.8 Å². The highest BCUT2D eigenvalue weighted by atomic mass is 16.7. The molecule has 7 rings (SSSR count). The first-order valence-electron chi connectivity index (χ1n) is 13.1. The number of imidazole rings is 1. The molecule has 1 saturated heterocycles. The highest BCUT2D eigenvalue weighted by molar-refractivity contribution is 6.62. The normalized spacial score (nSPS) is 16.8. The van der Waals surface area contributed by atoms with Crippen LogP contribution >= 0.6 is 0 Å². The number of hydrogen-bond donors (Lipinski definition) is 0. The number of rotatable bonds is 3. The number of hydrogen-bond acceptors (Lipinski definition) is 3. The lowest BCUT2D eigenvalue weighted by Crippen LogP contribution is -2.41. The van der Waals surface area contributed by atoms with E-state index in [2.05, 4.69) is 112 Å². The quantitative estimate of drug-likeness (QED) is 0.188. The maximum Gasteiger partial charge on any atom is 0.494 e. The van der Waals surface area contributed by atoms with Gasteiger partial charge in [-0.05, 0) is 67.2 Å². The molecular formula is C33H29BN2O2. The van der Waals surface area contributed by atoms with Crippen molar-refractivity contribution in [3.05, 3.63) is 91.0 Å². The zero-order chi connectivity index (χ0) is 26.4. The first kappa shape index (κ1) is 23.2. The zero-order valence-corrected chi connectivity index (χ0v) is 22.2. The van der Waals surface area contributed by atoms with Gasteiger partial charge >= 0.3 is 7.12 Å². The zero-order valence-electron chi connectivity index (χ0n) is 22.2. The third-order valence-electron chi connectivity index (χ3n) is 8.55. The van der Waals surface area contributed by atoms with Crippen LogP contribution < -0.4 is 5.46 Å². The summed E-state index contributed by atoms with van der Waals surface area (Å²) in [6.07, 6.45) is 3.80. The van der Waals surface area contributed by atoms with Crippen LogP contribution in [0.5, 0.6) is 0 Å². The average Bonchev–Trinajstić information content (AvgIpc) is 3.41. The lowest BCUT2D eigenvalue weighted by molar-refractivity contribution is 0.00578. The van der Waals surface area contributed by atoms with E-state index in [-0.39, 0.29) is 0 Å². The van der Waals surface area contributed by atoms with E-state index in [4.69, 9.17) is 14.3 Å². The van der Waals surface area contributed by atoms with Crippen LogP contribution in [-0.4, -0.2) is 27.7 Å². The Morgan fingerprint density at radius 3 is 2.26 bits per heavy atom. The van der Waals surface area contributed by atoms with Gasteiger partial charge in [0.1, 0.15) is 5.65 Å². The summed E-state index contributed by atoms with van der Waals surface area (Å²) in [6, 6.07) is 23.6. The van der Waals surface area contributed by atoms with Crippen molar-refractivity contribution < 1.29 is 9.31 Å². The van der Waals surface area contributed by atoms with Crippen LogP contribution in [0.15, 0.2) is 79.9 Å². The number of fused-ring (bicyclic) bond motifs is 10. The fourth-order valence-corrected chi connectivity index (χ4v) is 5.81. The molecule has 0 N–H and O–H groups in total. The van der Waals surface area contributed by atoms with Crippen molar-refractivity contribution in [2.75, 3.05) is 0 Å². The fourth-order valence-electron chi connectivity index (χ4n) is 5.81. The average molecular weight is 496 g/mol. The van der Waals surface area contributed by atoms with Crippen LogP contribution in [0, 0.1) is 0 Å². The van der Waals surface area contributed by atoms with E-state index in [0.717, 1.165) is 60.3 Å². The molecule has 4 aromatic carbocycles. The monoisotopic (exact) mass is 496 g/mol. The number of benzene rings is 4. The van der Waals surface area contributed by atoms with Crippen molar-refractivity contribution in [3.63, 3.8) is 0 Å². The lowest BCUT2D eigenvalue weighted by Gasteiger charge is -2.32. The summed E-state index contributed by atoms with van der Waals surface area (Å²) in [6.45, 7) is 16.5. The van der Waals surface area contributed by atoms with E-state index in [1.54, 1.807) is 0 Å². The SMILES string of the molecule is C=Cc1ccc2c3ccc(B4OC(C)(C)C(C)(C)O4)cc3n3c4ccc5ccccc5c4nc3c2c1C=C. The maximum absolute atomic E-state index is 6.42. The largest absolute Gasteiger partial charge is 0.494 e. The van der Waals surface area contributed by atoms with Crippen LogP contribution in [0.4, 0.5) is 0 Å². The molecule has 4 nitrogen and oxygen atoms in total. The smallest absolute Gasteiger partial charge is 0.399 e. The Hall–Kier alpha value is -3.93. The van der Waals surface area contributed by atoms with E-state index in [1.165, 1.54) is 5.39 Å². The molecule has 0 radical (unpaired) electrons. The van der Waals surface area contributed by atoms with Crippen LogP contribution in [0.2, 0.25) is 0 Å². The molecule has 0 aliphatic carbocycles. The molecular weight excluding hydrogens is 467 g/mol. The van der Waals surface area contributed by atoms with Gasteiger partial charge in [0, 0.05) is 16.2 Å². The second kappa shape index (κ2) is 7.79. The van der Waals surface area contributed by atoms with Gasteiger partial charge in [-0.15, -0.1) is 0 Å². The molecule has 0 atom stereocenters. The van der Waals surface area contributed by atoms with E-state index >= 15 is 0 Å². The van der Waals surface area contributed by atoms with Gasteiger partial charge in [-0.1, -0.05) is 79.9 Å². The molecule has 1 aliphatic rings. The minimum atomic E-state index is -0.447. The Morgan fingerprint density at radius 2 is 1.53 bits per heavy atom. The van der Waals surface area contributed by atoms with Crippen molar-refractivity contribution in [2.45, 2.75) is 38.9 Å². The molecule has 0 unspecified atom stereocenters. The number of aromatic nitrogens is 2. The third kappa shape index (κ3) is 3.03. The van der Waals surface area contributed by atoms with E-state index in [1.807, 2.05) is 12.2 Å². The third-order valence-corrected chi connectivity index (χ3v) is 8.55. The lowest BCUT2D eigenvalue weighted by atomic mass is 9.78. The maximum atomic E-state index is 6.42. The second-order valence-corrected chi connectivity index (χ2v) is 11.2. The second-order valence-electron chi connectivity index (χ2n) is 11.2. The summed E-state index contributed by atoms with van der Waals surface area (Å²) in [4.78, 5) is 5.30. The van der Waals surface area contributed by atoms with Gasteiger partial charge in [-0.25, -0.2) is 4.98 Å². The highest BCUT2D eigenvalue weighted by Crippen LogP contribution is 2.39. The molecule has 38 heavy (non-hydrogen) atoms. The minimum Gasteiger partial charge on any atom is -0.399 e. The van der Waals surface area contributed by atoms with Crippen molar-refractivity contribution in [1.29, 1.82) is 0 Å². The van der Waals surface area contributed by atoms with E-state index in [9.17, 15) is 0 Å². The molecule has 0 spiro atoms. The van der Waals surface area contributed by atoms with Crippen molar-refractivity contribution in [3.8, 4) is 0 Å². The summed E-state index contributed by atoms with van der Waals surface area (Å²) in [7, 11) is -0.447. The molecule has 6 aromatic rings. The molecule has 1 aliphatic heterocycles. The Labute approximate surface area is 222 Å². The Balaban J connectivity index is 1.65. The standard InChI is InChI=1S/C33H29BN2O2/c1-7-20-13-16-26-25-17-15-22(34-37-32(3,4)33(5,6)38-34)19-28(25)36-27-18-14-21-11-9-10-12-24(21)30(27)35-31(36)29(26)23(20)8-2/h7-19H,1-2H2,3-6H3. The molecule has 2 aromatic heterocycles. The topological polar surface area (TPSA) is 35.8 Å². The van der Waals surface area contributed by atoms with Crippen molar-refractivity contribution >= 4 is 73.9 Å². The first-order valence-corrected chi connectivity index (χ1v) is 13.1. The Kier molecular flexibility index (Phi) is 4.76. The van der Waals surface area contributed by atoms with Crippen LogP contribution in [0.1, 0.15) is 38.8 Å². The van der Waals surface area contributed by atoms with Crippen LogP contribution in [0.3, 0.4) is 0 Å². The van der Waals surface area contributed by atoms with Gasteiger partial charge < -0.3 is 9.31 Å². The predicted octanol–water partition coefficient (Wildman–Crippen LogP) is 7.53. The van der Waals surface area contributed by atoms with Crippen LogP contribution in [0.25, 0.3) is 61.3 Å². The summed E-state index contributed by atoms with van der Waals surface area (Å²) in [5, 5.41) is 5.66. The van der Waals surface area contributed by atoms with Gasteiger partial charge in [-0.2, -0.15) is 0 Å². The molecule has 5 heteroatoms. The van der Waals surface area contributed by atoms with E-state index < -0.39 is 18.3 Å². The Bertz CT molecular complexity index is 1970. The van der Waals surface area contributed by atoms with Crippen molar-refractivity contribution in [2.24, 2.45) is 0 Å². The minimum absolute atomic E-state index is 0.411. The summed E-state index contributed by atoms with van der Waals surface area (Å²) in [5.74, 6) is 0. The summed E-state index contributed by atoms with van der Waals surface area (Å²) < 4.78 is 15.1. The summed E-state index contributed by atoms with van der Waals surface area (Å²) >= 11 is 0. The fraction of sp³-hybridized carbons (Fsp3) is 0.182. The van der Waals surface area contributed by atoms with Gasteiger partial charge in [-0.3, -0.25) is 4.40 Å². The van der Waals surface area contributed by atoms with Crippen molar-refractivity contribution in [1.82, 2.24) is 9.38 Å². The molecule has 0 saturated carbocycles. The van der Waals surface area contributed by atoms with Gasteiger partial charge in [0.25, 0.3) is 0 Å². The molecule has 3 heterocycles. The van der Waals surface area contributed by atoms with Gasteiger partial charge in [0.15, 0.2) is 0 Å². The first-order chi connectivity index (χ1) is 18.2. The number of nitrogens with zero attached hydrogens (tertiary/aromatic N) is 2. The molecule has 0 amide bonds. The predicted molar refractivity (Wildman–Crippen MR) is 161 cm³/mol. The van der Waals surface area contributed by atoms with Crippen LogP contribution in [-0.2, 0) is 9.31 Å². The molecule has 1 fully saturated rings. The van der Waals surface area contributed by atoms with E-state index in [0.29, 0.717) is 0 Å². The molecule has 186 valence electrons. The summed E-state index contributed by atoms with van der Waals surface area (Å²) in [5.41, 5.74) is 6.28. The Morgan fingerprint density at radius 1 is 0.789 bits per heavy atom. The molecule has 0 bridgehead atoms. The number of pyridine rings is 1. The van der Waals surface area contributed by atoms with Gasteiger partial charge in [0.2, 0.25) is 0 Å². The highest BCUT2D eigenvalue weighted by Gasteiger charge is 2.51.